The highest BCUT2D eigenvalue weighted by Gasteiger charge is 2.35. The number of alkyl halides is 3. The first-order chi connectivity index (χ1) is 14.4. The molecule has 0 aliphatic rings. The molecule has 0 bridgehead atoms. The quantitative estimate of drug-likeness (QED) is 0.302. The zero-order valence-corrected chi connectivity index (χ0v) is 15.6. The Kier molecular flexibility index (Phi) is 4.17. The number of halogens is 4. The Balaban J connectivity index is 1.80. The second-order valence-corrected chi connectivity index (χ2v) is 7.25. The first-order valence-electron chi connectivity index (χ1n) is 9.42. The summed E-state index contributed by atoms with van der Waals surface area (Å²) in [6.07, 6.45) is -1.15. The van der Waals surface area contributed by atoms with Crippen molar-refractivity contribution in [3.8, 4) is 0 Å². The molecular formula is C24H16F4N2. The van der Waals surface area contributed by atoms with E-state index in [9.17, 15) is 17.6 Å². The fourth-order valence-electron chi connectivity index (χ4n) is 4.13. The van der Waals surface area contributed by atoms with Crippen LogP contribution in [0.5, 0.6) is 0 Å². The molecule has 0 unspecified atom stereocenters. The van der Waals surface area contributed by atoms with Gasteiger partial charge in [0.05, 0.1) is 5.56 Å². The summed E-state index contributed by atoms with van der Waals surface area (Å²) >= 11 is 0. The molecule has 2 N–H and O–H groups in total. The summed E-state index contributed by atoms with van der Waals surface area (Å²) in [4.78, 5) is 6.40. The summed E-state index contributed by atoms with van der Waals surface area (Å²) in [5.74, 6) is -1.79. The van der Waals surface area contributed by atoms with Crippen LogP contribution in [0.4, 0.5) is 17.6 Å². The van der Waals surface area contributed by atoms with Gasteiger partial charge < -0.3 is 9.97 Å². The highest BCUT2D eigenvalue weighted by molar-refractivity contribution is 5.89. The molecule has 0 fully saturated rings. The molecule has 0 saturated carbocycles. The van der Waals surface area contributed by atoms with Gasteiger partial charge in [-0.2, -0.15) is 13.2 Å². The zero-order chi connectivity index (χ0) is 20.9. The predicted octanol–water partition coefficient (Wildman–Crippen LogP) is 6.99. The zero-order valence-electron chi connectivity index (χ0n) is 15.6. The predicted molar refractivity (Wildman–Crippen MR) is 109 cm³/mol. The lowest BCUT2D eigenvalue weighted by Gasteiger charge is -2.19. The Bertz CT molecular complexity index is 1290. The summed E-state index contributed by atoms with van der Waals surface area (Å²) in [6, 6.07) is 18.5. The minimum Gasteiger partial charge on any atom is -0.361 e. The maximum absolute atomic E-state index is 14.0. The number of H-pyrrole nitrogens is 2. The van der Waals surface area contributed by atoms with Crippen molar-refractivity contribution in [1.29, 1.82) is 0 Å². The number of nitrogens with one attached hydrogen (secondary N) is 2. The number of para-hydroxylation sites is 2. The van der Waals surface area contributed by atoms with Crippen LogP contribution < -0.4 is 0 Å². The fourth-order valence-corrected chi connectivity index (χ4v) is 4.13. The van der Waals surface area contributed by atoms with Crippen LogP contribution in [0.1, 0.15) is 28.2 Å². The number of aromatic amines is 2. The van der Waals surface area contributed by atoms with Crippen molar-refractivity contribution in [2.45, 2.75) is 12.1 Å². The molecule has 6 heteroatoms. The molecule has 2 nitrogen and oxygen atoms in total. The molecule has 0 spiro atoms. The second kappa shape index (κ2) is 6.76. The van der Waals surface area contributed by atoms with Crippen molar-refractivity contribution in [1.82, 2.24) is 9.97 Å². The van der Waals surface area contributed by atoms with Gasteiger partial charge in [-0.15, -0.1) is 0 Å². The number of fused-ring (bicyclic) bond motifs is 2. The lowest BCUT2D eigenvalue weighted by molar-refractivity contribution is -0.140. The van der Waals surface area contributed by atoms with Gasteiger partial charge in [-0.25, -0.2) is 4.39 Å². The van der Waals surface area contributed by atoms with E-state index in [1.165, 1.54) is 6.07 Å². The molecule has 0 aliphatic heterocycles. The molecule has 2 heterocycles. The molecule has 2 aromatic heterocycles. The van der Waals surface area contributed by atoms with E-state index in [0.29, 0.717) is 5.56 Å². The van der Waals surface area contributed by atoms with Crippen LogP contribution in [0.3, 0.4) is 0 Å². The van der Waals surface area contributed by atoms with Gasteiger partial charge in [-0.05, 0) is 41.0 Å². The molecule has 3 aromatic carbocycles. The van der Waals surface area contributed by atoms with Crippen LogP contribution in [-0.4, -0.2) is 9.97 Å². The number of rotatable bonds is 3. The number of benzene rings is 3. The first-order valence-corrected chi connectivity index (χ1v) is 9.42. The first kappa shape index (κ1) is 18.5. The van der Waals surface area contributed by atoms with Crippen molar-refractivity contribution in [3.05, 3.63) is 107 Å². The summed E-state index contributed by atoms with van der Waals surface area (Å²) in [5.41, 5.74) is 2.54. The van der Waals surface area contributed by atoms with Gasteiger partial charge in [-0.3, -0.25) is 0 Å². The Morgan fingerprint density at radius 3 is 1.77 bits per heavy atom. The van der Waals surface area contributed by atoms with Crippen LogP contribution in [0, 0.1) is 5.82 Å². The van der Waals surface area contributed by atoms with E-state index >= 15 is 0 Å². The smallest absolute Gasteiger partial charge is 0.361 e. The van der Waals surface area contributed by atoms with E-state index in [0.717, 1.165) is 45.1 Å². The minimum absolute atomic E-state index is 0.373. The van der Waals surface area contributed by atoms with Crippen molar-refractivity contribution in [2.24, 2.45) is 0 Å². The fraction of sp³-hybridized carbons (Fsp3) is 0.0833. The molecule has 0 atom stereocenters. The molecule has 0 amide bonds. The Morgan fingerprint density at radius 2 is 1.23 bits per heavy atom. The second-order valence-electron chi connectivity index (χ2n) is 7.25. The van der Waals surface area contributed by atoms with E-state index in [4.69, 9.17) is 0 Å². The minimum atomic E-state index is -4.77. The third-order valence-corrected chi connectivity index (χ3v) is 5.49. The average molecular weight is 408 g/mol. The Hall–Kier alpha value is -3.54. The third kappa shape index (κ3) is 2.96. The highest BCUT2D eigenvalue weighted by Crippen LogP contribution is 2.41. The van der Waals surface area contributed by atoms with Crippen molar-refractivity contribution in [3.63, 3.8) is 0 Å². The molecular weight excluding hydrogens is 392 g/mol. The molecule has 0 aliphatic carbocycles. The van der Waals surface area contributed by atoms with Gasteiger partial charge in [0, 0.05) is 40.1 Å². The third-order valence-electron chi connectivity index (χ3n) is 5.49. The van der Waals surface area contributed by atoms with Crippen LogP contribution in [0.15, 0.2) is 79.1 Å². The average Bonchev–Trinajstić information content (AvgIpc) is 3.34. The van der Waals surface area contributed by atoms with Crippen LogP contribution in [0.2, 0.25) is 0 Å². The normalized spacial score (nSPS) is 12.3. The van der Waals surface area contributed by atoms with E-state index in [1.807, 2.05) is 60.9 Å². The van der Waals surface area contributed by atoms with E-state index < -0.39 is 23.5 Å². The number of aromatic nitrogens is 2. The van der Waals surface area contributed by atoms with Crippen molar-refractivity contribution in [2.75, 3.05) is 0 Å². The largest absolute Gasteiger partial charge is 0.419 e. The summed E-state index contributed by atoms with van der Waals surface area (Å²) in [6.45, 7) is 0. The summed E-state index contributed by atoms with van der Waals surface area (Å²) in [7, 11) is 0. The lowest BCUT2D eigenvalue weighted by Crippen LogP contribution is -2.11. The van der Waals surface area contributed by atoms with Gasteiger partial charge >= 0.3 is 6.18 Å². The maximum atomic E-state index is 14.0. The molecule has 30 heavy (non-hydrogen) atoms. The summed E-state index contributed by atoms with van der Waals surface area (Å²) < 4.78 is 54.3. The number of hydrogen-bond donors (Lipinski definition) is 2. The van der Waals surface area contributed by atoms with Gasteiger partial charge in [0.15, 0.2) is 0 Å². The van der Waals surface area contributed by atoms with E-state index in [2.05, 4.69) is 9.97 Å². The van der Waals surface area contributed by atoms with Crippen molar-refractivity contribution < 1.29 is 17.6 Å². The van der Waals surface area contributed by atoms with Crippen LogP contribution >= 0.6 is 0 Å². The molecule has 5 aromatic rings. The van der Waals surface area contributed by atoms with Crippen LogP contribution in [0.25, 0.3) is 21.8 Å². The number of hydrogen-bond acceptors (Lipinski definition) is 0. The monoisotopic (exact) mass is 408 g/mol. The standard InChI is InChI=1S/C24H16F4N2/c25-20-10-9-14(11-19(20)24(26,27)28)23(17-12-29-21-7-3-1-5-15(17)21)18-13-30-22-8-4-2-6-16(18)22/h1-13,23,29-30H. The van der Waals surface area contributed by atoms with Crippen molar-refractivity contribution >= 4 is 21.8 Å². The molecule has 5 rings (SSSR count). The SMILES string of the molecule is Fc1ccc(C(c2c[nH]c3ccccc23)c2c[nH]c3ccccc23)cc1C(F)(F)F. The van der Waals surface area contributed by atoms with E-state index in [-0.39, 0.29) is 0 Å². The van der Waals surface area contributed by atoms with Crippen LogP contribution in [-0.2, 0) is 6.18 Å². The topological polar surface area (TPSA) is 31.6 Å². The van der Waals surface area contributed by atoms with Gasteiger partial charge in [-0.1, -0.05) is 42.5 Å². The van der Waals surface area contributed by atoms with E-state index in [1.54, 1.807) is 0 Å². The van der Waals surface area contributed by atoms with Gasteiger partial charge in [0.2, 0.25) is 0 Å². The molecule has 0 saturated heterocycles. The Morgan fingerprint density at radius 1 is 0.700 bits per heavy atom. The molecule has 0 radical (unpaired) electrons. The van der Waals surface area contributed by atoms with Gasteiger partial charge in [0.1, 0.15) is 5.82 Å². The lowest BCUT2D eigenvalue weighted by atomic mass is 9.84. The van der Waals surface area contributed by atoms with Gasteiger partial charge in [0.25, 0.3) is 0 Å². The Labute approximate surface area is 169 Å². The highest BCUT2D eigenvalue weighted by atomic mass is 19.4. The summed E-state index contributed by atoms with van der Waals surface area (Å²) in [5, 5.41) is 1.82. The molecule has 150 valence electrons. The maximum Gasteiger partial charge on any atom is 0.419 e.